The summed E-state index contributed by atoms with van der Waals surface area (Å²) in [6.07, 6.45) is 3.04. The molecule has 4 heterocycles. The van der Waals surface area contributed by atoms with E-state index < -0.39 is 7.37 Å². The molecule has 0 amide bonds. The number of ether oxygens (including phenoxy) is 1. The first-order chi connectivity index (χ1) is 11.0. The Bertz CT molecular complexity index is 678. The lowest BCUT2D eigenvalue weighted by Gasteiger charge is -2.45. The number of hydrogen-bond donors (Lipinski definition) is 0. The molecular formula is C17H23NO4P+. The molecule has 4 fully saturated rings. The average molecular weight is 336 g/mol. The Kier molecular flexibility index (Phi) is 3.45. The van der Waals surface area contributed by atoms with Gasteiger partial charge in [-0.3, -0.25) is 9.36 Å². The summed E-state index contributed by atoms with van der Waals surface area (Å²) in [6.45, 7) is 0. The number of benzene rings is 1. The summed E-state index contributed by atoms with van der Waals surface area (Å²) in [6, 6.07) is 10.1. The van der Waals surface area contributed by atoms with Crippen LogP contribution in [0.5, 0.6) is 0 Å². The summed E-state index contributed by atoms with van der Waals surface area (Å²) in [7, 11) is 0.599. The molecule has 0 aromatic heterocycles. The first kappa shape index (κ1) is 15.4. The van der Waals surface area contributed by atoms with E-state index in [0.717, 1.165) is 24.6 Å². The van der Waals surface area contributed by atoms with E-state index in [0.29, 0.717) is 16.8 Å². The third kappa shape index (κ3) is 2.14. The molecule has 1 aromatic carbocycles. The van der Waals surface area contributed by atoms with E-state index in [-0.39, 0.29) is 24.0 Å². The van der Waals surface area contributed by atoms with Crippen molar-refractivity contribution in [2.24, 2.45) is 5.92 Å². The van der Waals surface area contributed by atoms with Crippen LogP contribution in [0.15, 0.2) is 30.3 Å². The zero-order valence-corrected chi connectivity index (χ0v) is 14.4. The van der Waals surface area contributed by atoms with Crippen molar-refractivity contribution in [3.05, 3.63) is 30.3 Å². The number of esters is 1. The fourth-order valence-corrected chi connectivity index (χ4v) is 7.89. The Morgan fingerprint density at radius 3 is 2.74 bits per heavy atom. The average Bonchev–Trinajstić information content (AvgIpc) is 2.71. The van der Waals surface area contributed by atoms with Gasteiger partial charge in [-0.15, -0.1) is 0 Å². The molecule has 5 rings (SSSR count). The summed E-state index contributed by atoms with van der Waals surface area (Å²) in [5.41, 5.74) is 0. The quantitative estimate of drug-likeness (QED) is 0.472. The highest BCUT2D eigenvalue weighted by molar-refractivity contribution is 7.66. The van der Waals surface area contributed by atoms with Crippen LogP contribution in [0.4, 0.5) is 0 Å². The standard InChI is InChI=1S/C17H23NO4P/c1-18-11-23(20,13-6-4-3-5-7-13)22-15-10-12(18)8-9-14(18)16(15)17(19)21-2/h3-7,12,14-16H,8-11H2,1-2H3/q+1. The summed E-state index contributed by atoms with van der Waals surface area (Å²) in [5, 5.41) is 0.765. The van der Waals surface area contributed by atoms with Crippen LogP contribution in [0.2, 0.25) is 0 Å². The fraction of sp³-hybridized carbons (Fsp3) is 0.588. The van der Waals surface area contributed by atoms with E-state index in [2.05, 4.69) is 7.05 Å². The second kappa shape index (κ2) is 5.17. The molecule has 4 aliphatic heterocycles. The molecule has 1 aromatic rings. The minimum Gasteiger partial charge on any atom is -0.469 e. The van der Waals surface area contributed by atoms with Crippen LogP contribution in [-0.2, 0) is 18.6 Å². The van der Waals surface area contributed by atoms with Crippen molar-refractivity contribution in [3.8, 4) is 0 Å². The fourth-order valence-electron chi connectivity index (χ4n) is 5.02. The Labute approximate surface area is 136 Å². The van der Waals surface area contributed by atoms with Crippen LogP contribution < -0.4 is 5.30 Å². The van der Waals surface area contributed by atoms with Gasteiger partial charge >= 0.3 is 5.97 Å². The van der Waals surface area contributed by atoms with Crippen molar-refractivity contribution in [1.29, 1.82) is 0 Å². The third-order valence-electron chi connectivity index (χ3n) is 6.13. The van der Waals surface area contributed by atoms with Gasteiger partial charge in [0.25, 0.3) is 7.37 Å². The molecule has 4 saturated heterocycles. The predicted octanol–water partition coefficient (Wildman–Crippen LogP) is 2.12. The maximum absolute atomic E-state index is 13.7. The molecule has 0 radical (unpaired) electrons. The van der Waals surface area contributed by atoms with Gasteiger partial charge in [0.05, 0.1) is 26.3 Å². The van der Waals surface area contributed by atoms with Crippen LogP contribution >= 0.6 is 7.37 Å². The molecule has 0 N–H and O–H groups in total. The lowest BCUT2D eigenvalue weighted by atomic mass is 9.86. The van der Waals surface area contributed by atoms with E-state index in [1.165, 1.54) is 7.11 Å². The molecule has 23 heavy (non-hydrogen) atoms. The predicted molar refractivity (Wildman–Crippen MR) is 86.5 cm³/mol. The topological polar surface area (TPSA) is 52.6 Å². The van der Waals surface area contributed by atoms with Gasteiger partial charge in [-0.25, -0.2) is 0 Å². The molecule has 6 unspecified atom stereocenters. The third-order valence-corrected chi connectivity index (χ3v) is 8.80. The van der Waals surface area contributed by atoms with Crippen LogP contribution in [0.1, 0.15) is 19.3 Å². The normalized spacial score (nSPS) is 44.8. The maximum Gasteiger partial charge on any atom is 0.317 e. The van der Waals surface area contributed by atoms with Crippen molar-refractivity contribution >= 4 is 18.6 Å². The smallest absolute Gasteiger partial charge is 0.317 e. The SMILES string of the molecule is COC(=O)C1C2CC3CCC1[N+]3(C)CP(=O)(c1ccccc1)O2. The van der Waals surface area contributed by atoms with Crippen molar-refractivity contribution in [1.82, 2.24) is 0 Å². The van der Waals surface area contributed by atoms with Crippen molar-refractivity contribution in [2.75, 3.05) is 20.4 Å². The van der Waals surface area contributed by atoms with E-state index in [1.54, 1.807) is 0 Å². The number of hydrogen-bond acceptors (Lipinski definition) is 4. The zero-order valence-electron chi connectivity index (χ0n) is 13.6. The Balaban J connectivity index is 1.81. The molecule has 0 saturated carbocycles. The number of carbonyl (C=O) groups is 1. The number of carbonyl (C=O) groups excluding carboxylic acids is 1. The van der Waals surface area contributed by atoms with Crippen LogP contribution in [0.3, 0.4) is 0 Å². The summed E-state index contributed by atoms with van der Waals surface area (Å²) in [5.74, 6) is -0.519. The second-order valence-corrected chi connectivity index (χ2v) is 9.58. The van der Waals surface area contributed by atoms with E-state index >= 15 is 0 Å². The molecule has 0 spiro atoms. The van der Waals surface area contributed by atoms with Gasteiger partial charge in [-0.2, -0.15) is 0 Å². The molecule has 124 valence electrons. The largest absolute Gasteiger partial charge is 0.469 e. The summed E-state index contributed by atoms with van der Waals surface area (Å²) >= 11 is 0. The second-order valence-electron chi connectivity index (χ2n) is 7.22. The molecule has 0 aliphatic carbocycles. The Morgan fingerprint density at radius 1 is 1.30 bits per heavy atom. The number of quaternary nitrogens is 1. The van der Waals surface area contributed by atoms with E-state index in [1.807, 2.05) is 30.3 Å². The Morgan fingerprint density at radius 2 is 2.04 bits per heavy atom. The maximum atomic E-state index is 13.7. The van der Waals surface area contributed by atoms with Gasteiger partial charge in [0.2, 0.25) is 0 Å². The van der Waals surface area contributed by atoms with Gasteiger partial charge < -0.3 is 13.7 Å². The van der Waals surface area contributed by atoms with E-state index in [4.69, 9.17) is 9.26 Å². The lowest BCUT2D eigenvalue weighted by molar-refractivity contribution is -0.940. The highest BCUT2D eigenvalue weighted by atomic mass is 31.2. The van der Waals surface area contributed by atoms with Gasteiger partial charge in [-0.1, -0.05) is 18.2 Å². The minimum absolute atomic E-state index is 0.158. The van der Waals surface area contributed by atoms with Crippen molar-refractivity contribution in [3.63, 3.8) is 0 Å². The molecule has 6 heteroatoms. The lowest BCUT2D eigenvalue weighted by Crippen LogP contribution is -2.62. The molecule has 5 nitrogen and oxygen atoms in total. The van der Waals surface area contributed by atoms with Crippen molar-refractivity contribution < 1.29 is 23.1 Å². The van der Waals surface area contributed by atoms with E-state index in [9.17, 15) is 9.36 Å². The van der Waals surface area contributed by atoms with Crippen LogP contribution in [0, 0.1) is 5.92 Å². The minimum atomic E-state index is -2.98. The van der Waals surface area contributed by atoms with Gasteiger partial charge in [0, 0.05) is 24.6 Å². The number of rotatable bonds is 2. The summed E-state index contributed by atoms with van der Waals surface area (Å²) in [4.78, 5) is 12.4. The monoisotopic (exact) mass is 336 g/mol. The zero-order chi connectivity index (χ0) is 16.2. The molecule has 4 bridgehead atoms. The number of fused-ring (bicyclic) bond motifs is 2. The Hall–Kier alpha value is -1.16. The van der Waals surface area contributed by atoms with Crippen LogP contribution in [-0.4, -0.2) is 49.1 Å². The number of methoxy groups -OCH3 is 1. The van der Waals surface area contributed by atoms with Gasteiger partial charge in [0.1, 0.15) is 12.0 Å². The molecule has 6 atom stereocenters. The first-order valence-corrected chi connectivity index (χ1v) is 10.0. The molecule has 4 aliphatic rings. The highest BCUT2D eigenvalue weighted by Crippen LogP contribution is 2.61. The van der Waals surface area contributed by atoms with Crippen molar-refractivity contribution in [2.45, 2.75) is 37.5 Å². The number of piperidine rings is 1. The molecular weight excluding hydrogens is 313 g/mol. The van der Waals surface area contributed by atoms with Gasteiger partial charge in [0.15, 0.2) is 6.29 Å². The van der Waals surface area contributed by atoms with Gasteiger partial charge in [-0.05, 0) is 12.1 Å². The number of nitrogens with zero attached hydrogens (tertiary/aromatic N) is 1. The summed E-state index contributed by atoms with van der Waals surface area (Å²) < 4.78 is 25.6. The van der Waals surface area contributed by atoms with Crippen LogP contribution in [0.25, 0.3) is 0 Å². The highest BCUT2D eigenvalue weighted by Gasteiger charge is 2.65. The first-order valence-electron chi connectivity index (χ1n) is 8.24.